The van der Waals surface area contributed by atoms with Gasteiger partial charge in [-0.15, -0.1) is 0 Å². The molecule has 2 heterocycles. The van der Waals surface area contributed by atoms with E-state index in [4.69, 9.17) is 16.3 Å². The molecule has 148 valence electrons. The Labute approximate surface area is 174 Å². The molecule has 1 aromatic heterocycles. The van der Waals surface area contributed by atoms with Crippen molar-refractivity contribution in [3.05, 3.63) is 64.8 Å². The molecular formula is C23H21ClN2O3. The highest BCUT2D eigenvalue weighted by atomic mass is 35.5. The lowest BCUT2D eigenvalue weighted by atomic mass is 9.99. The summed E-state index contributed by atoms with van der Waals surface area (Å²) in [5.41, 5.74) is 3.63. The van der Waals surface area contributed by atoms with Crippen LogP contribution in [-0.4, -0.2) is 42.0 Å². The van der Waals surface area contributed by atoms with Gasteiger partial charge in [0, 0.05) is 18.5 Å². The molecule has 1 amide bonds. The highest BCUT2D eigenvalue weighted by molar-refractivity contribution is 6.30. The number of methoxy groups -OCH3 is 1. The lowest BCUT2D eigenvalue weighted by Crippen LogP contribution is -2.35. The number of fused-ring (bicyclic) bond motifs is 1. The van der Waals surface area contributed by atoms with Crippen LogP contribution in [0.2, 0.25) is 5.15 Å². The number of carbonyl (C=O) groups excluding carboxylic acids is 2. The smallest absolute Gasteiger partial charge is 0.337 e. The molecule has 2 aromatic carbocycles. The van der Waals surface area contributed by atoms with E-state index >= 15 is 0 Å². The molecule has 0 radical (unpaired) electrons. The minimum atomic E-state index is -0.372. The van der Waals surface area contributed by atoms with E-state index < -0.39 is 0 Å². The number of hydrogen-bond donors (Lipinski definition) is 0. The first-order chi connectivity index (χ1) is 14.1. The van der Waals surface area contributed by atoms with Crippen molar-refractivity contribution in [3.63, 3.8) is 0 Å². The molecule has 29 heavy (non-hydrogen) atoms. The van der Waals surface area contributed by atoms with Gasteiger partial charge in [0.1, 0.15) is 5.15 Å². The molecular weight excluding hydrogens is 388 g/mol. The predicted octanol–water partition coefficient (Wildman–Crippen LogP) is 4.97. The Morgan fingerprint density at radius 3 is 2.34 bits per heavy atom. The summed E-state index contributed by atoms with van der Waals surface area (Å²) in [6.45, 7) is 1.55. The zero-order valence-electron chi connectivity index (χ0n) is 16.2. The van der Waals surface area contributed by atoms with E-state index in [9.17, 15) is 9.59 Å². The van der Waals surface area contributed by atoms with E-state index in [1.807, 2.05) is 35.2 Å². The van der Waals surface area contributed by atoms with E-state index in [0.717, 1.165) is 48.9 Å². The maximum atomic E-state index is 13.2. The summed E-state index contributed by atoms with van der Waals surface area (Å²) in [4.78, 5) is 31.1. The molecule has 0 spiro atoms. The Kier molecular flexibility index (Phi) is 5.49. The fraction of sp³-hybridized carbons (Fsp3) is 0.261. The second-order valence-electron chi connectivity index (χ2n) is 7.15. The number of halogens is 1. The molecule has 0 atom stereocenters. The van der Waals surface area contributed by atoms with Crippen LogP contribution in [-0.2, 0) is 4.74 Å². The van der Waals surface area contributed by atoms with Gasteiger partial charge >= 0.3 is 5.97 Å². The Hall–Kier alpha value is -2.92. The van der Waals surface area contributed by atoms with Gasteiger partial charge in [-0.3, -0.25) is 4.79 Å². The van der Waals surface area contributed by atoms with Crippen molar-refractivity contribution in [2.75, 3.05) is 20.2 Å². The number of carbonyl (C=O) groups is 2. The number of piperidine rings is 1. The van der Waals surface area contributed by atoms with Crippen molar-refractivity contribution >= 4 is 34.4 Å². The Bertz CT molecular complexity index is 1070. The van der Waals surface area contributed by atoms with Gasteiger partial charge in [0.15, 0.2) is 0 Å². The van der Waals surface area contributed by atoms with E-state index in [1.165, 1.54) is 7.11 Å². The van der Waals surface area contributed by atoms with E-state index in [2.05, 4.69) is 4.98 Å². The minimum Gasteiger partial charge on any atom is -0.465 e. The molecule has 1 aliphatic rings. The molecule has 5 nitrogen and oxygen atoms in total. The van der Waals surface area contributed by atoms with Crippen molar-refractivity contribution in [2.24, 2.45) is 0 Å². The topological polar surface area (TPSA) is 59.5 Å². The van der Waals surface area contributed by atoms with Crippen molar-refractivity contribution in [1.82, 2.24) is 9.88 Å². The van der Waals surface area contributed by atoms with Gasteiger partial charge in [0.25, 0.3) is 5.91 Å². The highest BCUT2D eigenvalue weighted by Crippen LogP contribution is 2.29. The fourth-order valence-electron chi connectivity index (χ4n) is 3.73. The highest BCUT2D eigenvalue weighted by Gasteiger charge is 2.21. The molecule has 0 saturated carbocycles. The van der Waals surface area contributed by atoms with Crippen LogP contribution in [0.1, 0.15) is 40.0 Å². The molecule has 0 aliphatic carbocycles. The predicted molar refractivity (Wildman–Crippen MR) is 113 cm³/mol. The number of amides is 1. The van der Waals surface area contributed by atoms with Crippen LogP contribution >= 0.6 is 11.6 Å². The van der Waals surface area contributed by atoms with Gasteiger partial charge in [-0.25, -0.2) is 9.78 Å². The number of likely N-dealkylation sites (tertiary alicyclic amines) is 1. The average Bonchev–Trinajstić information content (AvgIpc) is 2.78. The third-order valence-electron chi connectivity index (χ3n) is 5.29. The Morgan fingerprint density at radius 2 is 1.66 bits per heavy atom. The van der Waals surface area contributed by atoms with E-state index in [1.54, 1.807) is 18.2 Å². The molecule has 6 heteroatoms. The molecule has 0 N–H and O–H groups in total. The van der Waals surface area contributed by atoms with Gasteiger partial charge in [0.05, 0.1) is 23.8 Å². The normalized spacial score (nSPS) is 14.1. The average molecular weight is 409 g/mol. The van der Waals surface area contributed by atoms with Crippen molar-refractivity contribution in [1.29, 1.82) is 0 Å². The zero-order chi connectivity index (χ0) is 20.4. The maximum absolute atomic E-state index is 13.2. The van der Waals surface area contributed by atoms with Gasteiger partial charge in [0.2, 0.25) is 0 Å². The molecule has 4 rings (SSSR count). The molecule has 0 bridgehead atoms. The number of esters is 1. The Morgan fingerprint density at radius 1 is 0.966 bits per heavy atom. The van der Waals surface area contributed by atoms with Crippen LogP contribution in [0.5, 0.6) is 0 Å². The summed E-state index contributed by atoms with van der Waals surface area (Å²) in [6, 6.07) is 14.6. The molecule has 0 unspecified atom stereocenters. The van der Waals surface area contributed by atoms with Crippen LogP contribution in [0.3, 0.4) is 0 Å². The van der Waals surface area contributed by atoms with Crippen molar-refractivity contribution < 1.29 is 14.3 Å². The molecule has 3 aromatic rings. The maximum Gasteiger partial charge on any atom is 0.337 e. The van der Waals surface area contributed by atoms with Gasteiger partial charge < -0.3 is 9.64 Å². The largest absolute Gasteiger partial charge is 0.465 e. The summed E-state index contributed by atoms with van der Waals surface area (Å²) in [5, 5.41) is 1.09. The lowest BCUT2D eigenvalue weighted by molar-refractivity contribution is 0.0600. The summed E-state index contributed by atoms with van der Waals surface area (Å²) in [7, 11) is 1.36. The summed E-state index contributed by atoms with van der Waals surface area (Å²) < 4.78 is 4.75. The number of ether oxygens (including phenoxy) is 1. The van der Waals surface area contributed by atoms with Crippen LogP contribution in [0, 0.1) is 0 Å². The minimum absolute atomic E-state index is 0.00260. The number of benzene rings is 2. The number of aromatic nitrogens is 1. The van der Waals surface area contributed by atoms with Crippen LogP contribution in [0.15, 0.2) is 48.5 Å². The van der Waals surface area contributed by atoms with Crippen LogP contribution < -0.4 is 0 Å². The van der Waals surface area contributed by atoms with Gasteiger partial charge in [-0.1, -0.05) is 29.8 Å². The third-order valence-corrected chi connectivity index (χ3v) is 5.48. The lowest BCUT2D eigenvalue weighted by Gasteiger charge is -2.27. The SMILES string of the molecule is COC(=O)c1ccc(-c2ccc3nc(Cl)cc(C(=O)N4CCCCC4)c3c2)cc1. The molecule has 1 saturated heterocycles. The first kappa shape index (κ1) is 19.4. The number of rotatable bonds is 3. The second kappa shape index (κ2) is 8.21. The summed E-state index contributed by atoms with van der Waals surface area (Å²) >= 11 is 6.20. The number of nitrogens with zero attached hydrogens (tertiary/aromatic N) is 2. The number of hydrogen-bond acceptors (Lipinski definition) is 4. The second-order valence-corrected chi connectivity index (χ2v) is 7.53. The summed E-state index contributed by atoms with van der Waals surface area (Å²) in [6.07, 6.45) is 3.22. The third kappa shape index (κ3) is 3.96. The molecule has 1 fully saturated rings. The van der Waals surface area contributed by atoms with Crippen molar-refractivity contribution in [3.8, 4) is 11.1 Å². The fourth-order valence-corrected chi connectivity index (χ4v) is 3.93. The summed E-state index contributed by atoms with van der Waals surface area (Å²) in [5.74, 6) is -0.375. The monoisotopic (exact) mass is 408 g/mol. The quantitative estimate of drug-likeness (QED) is 0.453. The van der Waals surface area contributed by atoms with Crippen LogP contribution in [0.4, 0.5) is 0 Å². The van der Waals surface area contributed by atoms with E-state index in [0.29, 0.717) is 21.8 Å². The first-order valence-corrected chi connectivity index (χ1v) is 10.0. The van der Waals surface area contributed by atoms with Crippen molar-refractivity contribution in [2.45, 2.75) is 19.3 Å². The standard InChI is InChI=1S/C23H21ClN2O3/c1-29-23(28)16-7-5-15(6-8-16)17-9-10-20-18(13-17)19(14-21(24)25-20)22(27)26-11-3-2-4-12-26/h5-10,13-14H,2-4,11-12H2,1H3. The van der Waals surface area contributed by atoms with Gasteiger partial charge in [-0.05, 0) is 60.7 Å². The van der Waals surface area contributed by atoms with E-state index in [-0.39, 0.29) is 11.9 Å². The number of pyridine rings is 1. The molecule has 1 aliphatic heterocycles. The van der Waals surface area contributed by atoms with Gasteiger partial charge in [-0.2, -0.15) is 0 Å². The first-order valence-electron chi connectivity index (χ1n) is 9.65. The Balaban J connectivity index is 1.75. The zero-order valence-corrected chi connectivity index (χ0v) is 16.9. The van der Waals surface area contributed by atoms with Crippen LogP contribution in [0.25, 0.3) is 22.0 Å².